The quantitative estimate of drug-likeness (QED) is 0.382. The van der Waals surface area contributed by atoms with Gasteiger partial charge in [0.15, 0.2) is 6.61 Å². The number of nitrogens with zero attached hydrogens (tertiary/aromatic N) is 5. The first-order valence-corrected chi connectivity index (χ1v) is 10.1. The summed E-state index contributed by atoms with van der Waals surface area (Å²) < 4.78 is 43.6. The Bertz CT molecular complexity index is 1050. The molecule has 2 aromatic rings. The van der Waals surface area contributed by atoms with Crippen LogP contribution in [-0.2, 0) is 11.3 Å². The van der Waals surface area contributed by atoms with E-state index in [1.54, 1.807) is 41.0 Å². The maximum Gasteiger partial charge on any atom is 0.422 e. The second-order valence-electron chi connectivity index (χ2n) is 7.58. The topological polar surface area (TPSA) is 84.6 Å². The predicted octanol–water partition coefficient (Wildman–Crippen LogP) is 4.52. The lowest BCUT2D eigenvalue weighted by Gasteiger charge is -2.15. The van der Waals surface area contributed by atoms with E-state index < -0.39 is 12.8 Å². The van der Waals surface area contributed by atoms with Gasteiger partial charge in [-0.3, -0.25) is 10.00 Å². The van der Waals surface area contributed by atoms with Crippen LogP contribution < -0.4 is 5.32 Å². The van der Waals surface area contributed by atoms with Crippen LogP contribution in [-0.4, -0.2) is 58.3 Å². The number of likely N-dealkylation sites (tertiary alicyclic amines) is 1. The number of hydrogen-bond donors (Lipinski definition) is 1. The lowest BCUT2D eigenvalue weighted by atomic mass is 10.2. The van der Waals surface area contributed by atoms with Gasteiger partial charge >= 0.3 is 12.2 Å². The van der Waals surface area contributed by atoms with Gasteiger partial charge in [-0.2, -0.15) is 18.3 Å². The summed E-state index contributed by atoms with van der Waals surface area (Å²) in [5.74, 6) is 0.255. The number of aromatic nitrogens is 3. The molecule has 172 valence electrons. The first-order valence-electron chi connectivity index (χ1n) is 10.1. The van der Waals surface area contributed by atoms with Crippen molar-refractivity contribution in [1.29, 1.82) is 0 Å². The summed E-state index contributed by atoms with van der Waals surface area (Å²) in [6.07, 6.45) is 2.54. The molecule has 32 heavy (non-hydrogen) atoms. The molecule has 2 aromatic heterocycles. The van der Waals surface area contributed by atoms with E-state index in [2.05, 4.69) is 27.1 Å². The fourth-order valence-corrected chi connectivity index (χ4v) is 3.44. The first-order chi connectivity index (χ1) is 15.2. The number of alkyl halides is 3. The number of allylic oxidation sites excluding steroid dienone is 3. The average molecular weight is 450 g/mol. The van der Waals surface area contributed by atoms with E-state index >= 15 is 0 Å². The molecule has 8 nitrogen and oxygen atoms in total. The third kappa shape index (κ3) is 6.08. The minimum Gasteiger partial charge on any atom is -0.468 e. The van der Waals surface area contributed by atoms with Crippen molar-refractivity contribution in [3.05, 3.63) is 41.6 Å². The third-order valence-corrected chi connectivity index (χ3v) is 4.83. The maximum atomic E-state index is 12.4. The van der Waals surface area contributed by atoms with Crippen molar-refractivity contribution in [2.24, 2.45) is 4.99 Å². The van der Waals surface area contributed by atoms with E-state index in [4.69, 9.17) is 4.74 Å². The zero-order valence-electron chi connectivity index (χ0n) is 17.9. The van der Waals surface area contributed by atoms with E-state index in [1.807, 2.05) is 6.92 Å². The molecular weight excluding hydrogens is 425 g/mol. The van der Waals surface area contributed by atoms with Gasteiger partial charge in [0, 0.05) is 31.1 Å². The van der Waals surface area contributed by atoms with Crippen LogP contribution in [0.25, 0.3) is 10.9 Å². The van der Waals surface area contributed by atoms with Crippen LogP contribution in [0.4, 0.5) is 23.8 Å². The maximum absolute atomic E-state index is 12.4. The SMILES string of the molecule is C=N/C(OCC(F)(F)F)=C(C)\C=C(/C)Cn1cc2c(NC(=O)N3CCCC3)nccc2n1. The number of pyridine rings is 1. The van der Waals surface area contributed by atoms with Gasteiger partial charge in [0.1, 0.15) is 5.82 Å². The number of rotatable bonds is 7. The van der Waals surface area contributed by atoms with Crippen LogP contribution in [0.15, 0.2) is 46.6 Å². The van der Waals surface area contributed by atoms with Crippen molar-refractivity contribution in [3.63, 3.8) is 0 Å². The van der Waals surface area contributed by atoms with E-state index in [1.165, 1.54) is 0 Å². The Kier molecular flexibility index (Phi) is 7.16. The molecule has 0 aromatic carbocycles. The Morgan fingerprint density at radius 1 is 1.34 bits per heavy atom. The Balaban J connectivity index is 1.74. The van der Waals surface area contributed by atoms with Gasteiger partial charge in [-0.25, -0.2) is 14.8 Å². The molecule has 3 rings (SSSR count). The molecule has 1 aliphatic rings. The highest BCUT2D eigenvalue weighted by Gasteiger charge is 2.29. The van der Waals surface area contributed by atoms with Crippen LogP contribution in [0.2, 0.25) is 0 Å². The van der Waals surface area contributed by atoms with E-state index in [9.17, 15) is 18.0 Å². The molecule has 0 unspecified atom stereocenters. The number of amides is 2. The van der Waals surface area contributed by atoms with Gasteiger partial charge < -0.3 is 9.64 Å². The lowest BCUT2D eigenvalue weighted by molar-refractivity contribution is -0.165. The number of fused-ring (bicyclic) bond motifs is 1. The molecule has 2 amide bonds. The van der Waals surface area contributed by atoms with Crippen molar-refractivity contribution in [2.45, 2.75) is 39.4 Å². The van der Waals surface area contributed by atoms with Crippen molar-refractivity contribution < 1.29 is 22.7 Å². The summed E-state index contributed by atoms with van der Waals surface area (Å²) in [5, 5.41) is 8.04. The number of carbonyl (C=O) groups is 1. The zero-order chi connectivity index (χ0) is 23.3. The number of hydrogen-bond acceptors (Lipinski definition) is 5. The summed E-state index contributed by atoms with van der Waals surface area (Å²) >= 11 is 0. The highest BCUT2D eigenvalue weighted by atomic mass is 19.4. The fourth-order valence-electron chi connectivity index (χ4n) is 3.44. The highest BCUT2D eigenvalue weighted by Crippen LogP contribution is 2.22. The Morgan fingerprint density at radius 2 is 2.06 bits per heavy atom. The van der Waals surface area contributed by atoms with Crippen LogP contribution >= 0.6 is 0 Å². The molecule has 0 radical (unpaired) electrons. The van der Waals surface area contributed by atoms with Crippen molar-refractivity contribution in [2.75, 3.05) is 25.0 Å². The summed E-state index contributed by atoms with van der Waals surface area (Å²) in [6.45, 7) is 7.07. The number of aliphatic imine (C=N–C) groups is 1. The number of nitrogens with one attached hydrogen (secondary N) is 1. The summed E-state index contributed by atoms with van der Waals surface area (Å²) in [7, 11) is 0. The van der Waals surface area contributed by atoms with Crippen LogP contribution in [0.1, 0.15) is 26.7 Å². The smallest absolute Gasteiger partial charge is 0.422 e. The second-order valence-corrected chi connectivity index (χ2v) is 7.58. The first kappa shape index (κ1) is 23.3. The molecule has 1 saturated heterocycles. The lowest BCUT2D eigenvalue weighted by Crippen LogP contribution is -2.32. The van der Waals surface area contributed by atoms with Gasteiger partial charge in [0.2, 0.25) is 5.88 Å². The standard InChI is InChI=1S/C21H25F3N6O2/c1-14(10-15(2)19(25-3)32-13-21(22,23)24)11-30-12-16-17(28-30)6-7-26-18(16)27-20(31)29-8-4-5-9-29/h6-7,10,12H,3-5,8-9,11,13H2,1-2H3,(H,26,27,31)/b14-10+,19-15+. The molecule has 1 N–H and O–H groups in total. The van der Waals surface area contributed by atoms with Gasteiger partial charge in [-0.05, 0) is 39.5 Å². The van der Waals surface area contributed by atoms with Crippen molar-refractivity contribution in [1.82, 2.24) is 19.7 Å². The summed E-state index contributed by atoms with van der Waals surface area (Å²) in [5.41, 5.74) is 1.89. The highest BCUT2D eigenvalue weighted by molar-refractivity contribution is 5.98. The van der Waals surface area contributed by atoms with Crippen LogP contribution in [0.5, 0.6) is 0 Å². The normalized spacial score (nSPS) is 15.7. The second kappa shape index (κ2) is 9.84. The molecule has 0 saturated carbocycles. The summed E-state index contributed by atoms with van der Waals surface area (Å²) in [6, 6.07) is 1.56. The number of carbonyl (C=O) groups excluding carboxylic acids is 1. The molecule has 0 spiro atoms. The fraction of sp³-hybridized carbons (Fsp3) is 0.429. The Hall–Kier alpha value is -3.37. The van der Waals surface area contributed by atoms with Crippen molar-refractivity contribution >= 4 is 29.5 Å². The van der Waals surface area contributed by atoms with E-state index in [0.29, 0.717) is 28.8 Å². The Morgan fingerprint density at radius 3 is 2.72 bits per heavy atom. The molecule has 3 heterocycles. The molecular formula is C21H25F3N6O2. The van der Waals surface area contributed by atoms with Crippen LogP contribution in [0, 0.1) is 0 Å². The van der Waals surface area contributed by atoms with Crippen LogP contribution in [0.3, 0.4) is 0 Å². The van der Waals surface area contributed by atoms with Gasteiger partial charge in [0.25, 0.3) is 0 Å². The number of ether oxygens (including phenoxy) is 1. The van der Waals surface area contributed by atoms with Gasteiger partial charge in [-0.1, -0.05) is 11.6 Å². The number of halogens is 3. The van der Waals surface area contributed by atoms with E-state index in [0.717, 1.165) is 31.5 Å². The van der Waals surface area contributed by atoms with Crippen molar-refractivity contribution in [3.8, 4) is 0 Å². The monoisotopic (exact) mass is 450 g/mol. The van der Waals surface area contributed by atoms with E-state index in [-0.39, 0.29) is 11.9 Å². The number of urea groups is 1. The summed E-state index contributed by atoms with van der Waals surface area (Å²) in [4.78, 5) is 22.0. The molecule has 11 heteroatoms. The molecule has 1 aliphatic heterocycles. The Labute approximate surface area is 183 Å². The predicted molar refractivity (Wildman–Crippen MR) is 115 cm³/mol. The average Bonchev–Trinajstić information content (AvgIpc) is 3.37. The molecule has 0 bridgehead atoms. The minimum atomic E-state index is -4.46. The molecule has 1 fully saturated rings. The largest absolute Gasteiger partial charge is 0.468 e. The third-order valence-electron chi connectivity index (χ3n) is 4.83. The van der Waals surface area contributed by atoms with Gasteiger partial charge in [0.05, 0.1) is 17.4 Å². The number of anilines is 1. The zero-order valence-corrected chi connectivity index (χ0v) is 17.9. The molecule has 0 aliphatic carbocycles. The minimum absolute atomic E-state index is 0.177. The molecule has 0 atom stereocenters. The van der Waals surface area contributed by atoms with Gasteiger partial charge in [-0.15, -0.1) is 0 Å².